The fraction of sp³-hybridized carbons (Fsp3) is 0.240. The Morgan fingerprint density at radius 3 is 2.35 bits per heavy atom. The molecular formula is C25H23FN4O. The first-order chi connectivity index (χ1) is 15.2. The van der Waals surface area contributed by atoms with Crippen LogP contribution in [0.3, 0.4) is 0 Å². The van der Waals surface area contributed by atoms with Gasteiger partial charge in [0.2, 0.25) is 0 Å². The van der Waals surface area contributed by atoms with Crippen molar-refractivity contribution < 1.29 is 9.18 Å². The number of amides is 1. The van der Waals surface area contributed by atoms with Gasteiger partial charge in [-0.05, 0) is 43.2 Å². The summed E-state index contributed by atoms with van der Waals surface area (Å²) in [5.74, 6) is -0.471. The van der Waals surface area contributed by atoms with Gasteiger partial charge in [0.25, 0.3) is 5.91 Å². The van der Waals surface area contributed by atoms with E-state index in [0.717, 1.165) is 42.5 Å². The van der Waals surface area contributed by atoms with E-state index in [1.807, 2.05) is 36.4 Å². The third-order valence-corrected chi connectivity index (χ3v) is 5.81. The summed E-state index contributed by atoms with van der Waals surface area (Å²) in [7, 11) is 0. The maximum Gasteiger partial charge on any atom is 0.270 e. The highest BCUT2D eigenvalue weighted by Crippen LogP contribution is 2.25. The number of halogens is 1. The van der Waals surface area contributed by atoms with Gasteiger partial charge < -0.3 is 5.32 Å². The fourth-order valence-electron chi connectivity index (χ4n) is 4.16. The highest BCUT2D eigenvalue weighted by atomic mass is 19.1. The minimum absolute atomic E-state index is 0.162. The number of rotatable bonds is 4. The Morgan fingerprint density at radius 2 is 1.61 bits per heavy atom. The lowest BCUT2D eigenvalue weighted by Gasteiger charge is -2.22. The second-order valence-electron chi connectivity index (χ2n) is 8.01. The first-order valence-electron chi connectivity index (χ1n) is 10.7. The molecule has 2 aromatic heterocycles. The number of benzene rings is 2. The van der Waals surface area contributed by atoms with Crippen molar-refractivity contribution in [1.82, 2.24) is 19.9 Å². The number of carbonyl (C=O) groups is 1. The molecule has 156 valence electrons. The number of carbonyl (C=O) groups excluding carboxylic acids is 1. The Bertz CT molecular complexity index is 1210. The van der Waals surface area contributed by atoms with E-state index >= 15 is 0 Å². The van der Waals surface area contributed by atoms with Gasteiger partial charge in [0.1, 0.15) is 11.5 Å². The number of nitrogens with one attached hydrogen (secondary N) is 1. The molecule has 1 amide bonds. The summed E-state index contributed by atoms with van der Waals surface area (Å²) in [4.78, 5) is 18.0. The Hall–Kier alpha value is -3.54. The smallest absolute Gasteiger partial charge is 0.270 e. The zero-order chi connectivity index (χ0) is 21.2. The lowest BCUT2D eigenvalue weighted by Crippen LogP contribution is -2.37. The number of fused-ring (bicyclic) bond motifs is 1. The predicted molar refractivity (Wildman–Crippen MR) is 118 cm³/mol. The van der Waals surface area contributed by atoms with Crippen molar-refractivity contribution in [2.24, 2.45) is 0 Å². The summed E-state index contributed by atoms with van der Waals surface area (Å²) >= 11 is 0. The van der Waals surface area contributed by atoms with Crippen LogP contribution in [0.15, 0.2) is 66.7 Å². The average Bonchev–Trinajstić information content (AvgIpc) is 3.24. The summed E-state index contributed by atoms with van der Waals surface area (Å²) in [6.07, 6.45) is 5.49. The SMILES string of the molecule is O=C(NC1CCCCC1)c1cc(-c2ccc(F)cc2)nc2cc(-c3ccccc3)nn12. The molecule has 0 aliphatic heterocycles. The van der Waals surface area contributed by atoms with E-state index < -0.39 is 0 Å². The maximum atomic E-state index is 13.4. The first kappa shape index (κ1) is 19.4. The van der Waals surface area contributed by atoms with Gasteiger partial charge >= 0.3 is 0 Å². The Morgan fingerprint density at radius 1 is 0.903 bits per heavy atom. The van der Waals surface area contributed by atoms with E-state index in [9.17, 15) is 9.18 Å². The van der Waals surface area contributed by atoms with Crippen LogP contribution in [0.5, 0.6) is 0 Å². The summed E-state index contributed by atoms with van der Waals surface area (Å²) in [6, 6.07) is 19.7. The molecule has 5 rings (SSSR count). The van der Waals surface area contributed by atoms with E-state index in [2.05, 4.69) is 10.4 Å². The highest BCUT2D eigenvalue weighted by molar-refractivity contribution is 5.94. The third-order valence-electron chi connectivity index (χ3n) is 5.81. The van der Waals surface area contributed by atoms with Crippen molar-refractivity contribution in [2.75, 3.05) is 0 Å². The van der Waals surface area contributed by atoms with E-state index in [1.165, 1.54) is 18.6 Å². The molecule has 0 spiro atoms. The fourth-order valence-corrected chi connectivity index (χ4v) is 4.16. The molecule has 5 nitrogen and oxygen atoms in total. The van der Waals surface area contributed by atoms with Crippen LogP contribution < -0.4 is 5.32 Å². The van der Waals surface area contributed by atoms with Gasteiger partial charge in [-0.1, -0.05) is 49.6 Å². The molecule has 0 saturated heterocycles. The largest absolute Gasteiger partial charge is 0.348 e. The quantitative estimate of drug-likeness (QED) is 0.495. The molecule has 6 heteroatoms. The van der Waals surface area contributed by atoms with Crippen LogP contribution in [0.2, 0.25) is 0 Å². The van der Waals surface area contributed by atoms with Crippen molar-refractivity contribution in [3.05, 3.63) is 78.2 Å². The third kappa shape index (κ3) is 4.06. The van der Waals surface area contributed by atoms with Crippen LogP contribution in [0.25, 0.3) is 28.2 Å². The molecule has 1 saturated carbocycles. The standard InChI is InChI=1S/C25H23FN4O/c26-19-13-11-18(12-14-19)21-15-23(25(31)27-20-9-5-2-6-10-20)30-24(28-21)16-22(29-30)17-7-3-1-4-8-17/h1,3-4,7-8,11-16,20H,2,5-6,9-10H2,(H,27,31). The Labute approximate surface area is 179 Å². The first-order valence-corrected chi connectivity index (χ1v) is 10.7. The van der Waals surface area contributed by atoms with Crippen LogP contribution in [0, 0.1) is 5.82 Å². The van der Waals surface area contributed by atoms with Crippen molar-refractivity contribution >= 4 is 11.6 Å². The van der Waals surface area contributed by atoms with Gasteiger partial charge in [-0.2, -0.15) is 5.10 Å². The van der Waals surface area contributed by atoms with E-state index in [4.69, 9.17) is 4.98 Å². The van der Waals surface area contributed by atoms with Crippen molar-refractivity contribution in [2.45, 2.75) is 38.1 Å². The molecule has 0 unspecified atom stereocenters. The summed E-state index contributed by atoms with van der Waals surface area (Å²) in [5.41, 5.74) is 4.07. The van der Waals surface area contributed by atoms with Crippen LogP contribution in [-0.4, -0.2) is 26.5 Å². The van der Waals surface area contributed by atoms with Gasteiger partial charge in [0.15, 0.2) is 5.65 Å². The zero-order valence-electron chi connectivity index (χ0n) is 17.1. The normalized spacial score (nSPS) is 14.6. The van der Waals surface area contributed by atoms with Gasteiger partial charge in [-0.25, -0.2) is 13.9 Å². The second kappa shape index (κ2) is 8.30. The van der Waals surface area contributed by atoms with Crippen LogP contribution >= 0.6 is 0 Å². The Kier molecular flexibility index (Phi) is 5.20. The van der Waals surface area contributed by atoms with Crippen molar-refractivity contribution in [1.29, 1.82) is 0 Å². The van der Waals surface area contributed by atoms with Gasteiger partial charge in [-0.15, -0.1) is 0 Å². The van der Waals surface area contributed by atoms with Crippen LogP contribution in [0.1, 0.15) is 42.6 Å². The molecule has 2 heterocycles. The monoisotopic (exact) mass is 414 g/mol. The molecule has 1 fully saturated rings. The van der Waals surface area contributed by atoms with Crippen molar-refractivity contribution in [3.63, 3.8) is 0 Å². The average molecular weight is 414 g/mol. The van der Waals surface area contributed by atoms with Crippen LogP contribution in [0.4, 0.5) is 4.39 Å². The molecule has 1 N–H and O–H groups in total. The molecule has 0 atom stereocenters. The summed E-state index contributed by atoms with van der Waals surface area (Å²) in [5, 5.41) is 7.86. The molecule has 0 bridgehead atoms. The zero-order valence-corrected chi connectivity index (χ0v) is 17.1. The molecule has 0 radical (unpaired) electrons. The summed E-state index contributed by atoms with van der Waals surface area (Å²) in [6.45, 7) is 0. The number of hydrogen-bond donors (Lipinski definition) is 1. The van der Waals surface area contributed by atoms with E-state index in [-0.39, 0.29) is 17.8 Å². The number of hydrogen-bond acceptors (Lipinski definition) is 3. The van der Waals surface area contributed by atoms with E-state index in [1.54, 1.807) is 22.7 Å². The minimum Gasteiger partial charge on any atom is -0.348 e. The molecule has 4 aromatic rings. The lowest BCUT2D eigenvalue weighted by atomic mass is 9.95. The van der Waals surface area contributed by atoms with E-state index in [0.29, 0.717) is 17.0 Å². The topological polar surface area (TPSA) is 59.3 Å². The molecule has 31 heavy (non-hydrogen) atoms. The van der Waals surface area contributed by atoms with Gasteiger partial charge in [0.05, 0.1) is 11.4 Å². The maximum absolute atomic E-state index is 13.4. The second-order valence-corrected chi connectivity index (χ2v) is 8.01. The molecular weight excluding hydrogens is 391 g/mol. The molecule has 2 aromatic carbocycles. The van der Waals surface area contributed by atoms with Crippen LogP contribution in [-0.2, 0) is 0 Å². The molecule has 1 aliphatic rings. The molecule has 1 aliphatic carbocycles. The highest BCUT2D eigenvalue weighted by Gasteiger charge is 2.21. The number of aromatic nitrogens is 3. The summed E-state index contributed by atoms with van der Waals surface area (Å²) < 4.78 is 15.0. The van der Waals surface area contributed by atoms with Crippen molar-refractivity contribution in [3.8, 4) is 22.5 Å². The predicted octanol–water partition coefficient (Wildman–Crippen LogP) is 5.26. The Balaban J connectivity index is 1.60. The number of nitrogens with zero attached hydrogens (tertiary/aromatic N) is 3. The lowest BCUT2D eigenvalue weighted by molar-refractivity contribution is 0.0920. The van der Waals surface area contributed by atoms with Gasteiger partial charge in [0, 0.05) is 23.2 Å². The van der Waals surface area contributed by atoms with Gasteiger partial charge in [-0.3, -0.25) is 4.79 Å². The minimum atomic E-state index is -0.309.